The summed E-state index contributed by atoms with van der Waals surface area (Å²) < 4.78 is 21.8. The average Bonchev–Trinajstić information content (AvgIpc) is 3.46. The molecule has 30 heavy (non-hydrogen) atoms. The maximum atomic E-state index is 12.9. The second kappa shape index (κ2) is 7.78. The molecule has 1 atom stereocenters. The van der Waals surface area contributed by atoms with Crippen LogP contribution >= 0.6 is 0 Å². The van der Waals surface area contributed by atoms with Gasteiger partial charge in [0, 0.05) is 12.1 Å². The zero-order chi connectivity index (χ0) is 20.5. The van der Waals surface area contributed by atoms with E-state index in [2.05, 4.69) is 5.32 Å². The summed E-state index contributed by atoms with van der Waals surface area (Å²) >= 11 is 0. The SMILES string of the molecule is O=C(NCC(=O)N1CCC[C@@H]1c1ccc2c(c1)OCCO2)c1ccc2c(c1)OCO2. The van der Waals surface area contributed by atoms with Crippen molar-refractivity contribution in [1.82, 2.24) is 10.2 Å². The van der Waals surface area contributed by atoms with Crippen LogP contribution in [0.5, 0.6) is 23.0 Å². The van der Waals surface area contributed by atoms with Gasteiger partial charge in [0.2, 0.25) is 12.7 Å². The third-order valence-corrected chi connectivity index (χ3v) is 5.56. The summed E-state index contributed by atoms with van der Waals surface area (Å²) in [7, 11) is 0. The van der Waals surface area contributed by atoms with Gasteiger partial charge in [-0.2, -0.15) is 0 Å². The second-order valence-electron chi connectivity index (χ2n) is 7.40. The van der Waals surface area contributed by atoms with Gasteiger partial charge in [-0.3, -0.25) is 9.59 Å². The van der Waals surface area contributed by atoms with Gasteiger partial charge >= 0.3 is 0 Å². The molecule has 0 radical (unpaired) electrons. The number of carbonyl (C=O) groups excluding carboxylic acids is 2. The van der Waals surface area contributed by atoms with E-state index in [-0.39, 0.29) is 31.2 Å². The van der Waals surface area contributed by atoms with Crippen LogP contribution < -0.4 is 24.3 Å². The summed E-state index contributed by atoms with van der Waals surface area (Å²) in [5.41, 5.74) is 1.45. The summed E-state index contributed by atoms with van der Waals surface area (Å²) in [6.07, 6.45) is 1.79. The van der Waals surface area contributed by atoms with E-state index in [1.54, 1.807) is 18.2 Å². The van der Waals surface area contributed by atoms with Crippen molar-refractivity contribution in [3.05, 3.63) is 47.5 Å². The molecule has 1 saturated heterocycles. The topological polar surface area (TPSA) is 86.3 Å². The Morgan fingerprint density at radius 2 is 1.67 bits per heavy atom. The standard InChI is InChI=1S/C22H22N2O6/c25-21(12-23-22(26)15-4-6-18-20(11-15)30-13-29-18)24-7-1-2-16(24)14-3-5-17-19(10-14)28-9-8-27-17/h3-6,10-11,16H,1-2,7-9,12-13H2,(H,23,26)/t16-/m1/s1. The van der Waals surface area contributed by atoms with Crippen LogP contribution in [0.15, 0.2) is 36.4 Å². The molecule has 0 spiro atoms. The number of amides is 2. The molecule has 8 heteroatoms. The largest absolute Gasteiger partial charge is 0.486 e. The molecule has 2 aromatic rings. The van der Waals surface area contributed by atoms with Gasteiger partial charge in [-0.25, -0.2) is 0 Å². The Balaban J connectivity index is 1.24. The number of likely N-dealkylation sites (tertiary alicyclic amines) is 1. The fourth-order valence-electron chi connectivity index (χ4n) is 4.08. The van der Waals surface area contributed by atoms with E-state index < -0.39 is 0 Å². The molecule has 2 amide bonds. The second-order valence-corrected chi connectivity index (χ2v) is 7.40. The van der Waals surface area contributed by atoms with E-state index in [0.29, 0.717) is 42.6 Å². The van der Waals surface area contributed by atoms with Crippen molar-refractivity contribution < 1.29 is 28.5 Å². The lowest BCUT2D eigenvalue weighted by Gasteiger charge is -2.27. The zero-order valence-electron chi connectivity index (χ0n) is 16.4. The highest BCUT2D eigenvalue weighted by molar-refractivity contribution is 5.97. The third-order valence-electron chi connectivity index (χ3n) is 5.56. The number of hydrogen-bond donors (Lipinski definition) is 1. The van der Waals surface area contributed by atoms with Gasteiger partial charge in [-0.1, -0.05) is 6.07 Å². The Labute approximate surface area is 173 Å². The van der Waals surface area contributed by atoms with Crippen molar-refractivity contribution in [2.45, 2.75) is 18.9 Å². The van der Waals surface area contributed by atoms with Crippen molar-refractivity contribution >= 4 is 11.8 Å². The molecule has 8 nitrogen and oxygen atoms in total. The van der Waals surface area contributed by atoms with Crippen LogP contribution in [0.25, 0.3) is 0 Å². The van der Waals surface area contributed by atoms with Gasteiger partial charge < -0.3 is 29.2 Å². The van der Waals surface area contributed by atoms with E-state index in [9.17, 15) is 9.59 Å². The predicted molar refractivity (Wildman–Crippen MR) is 106 cm³/mol. The number of hydrogen-bond acceptors (Lipinski definition) is 6. The molecule has 3 aliphatic rings. The molecule has 0 unspecified atom stereocenters. The molecule has 0 saturated carbocycles. The van der Waals surface area contributed by atoms with Gasteiger partial charge in [0.15, 0.2) is 23.0 Å². The highest BCUT2D eigenvalue weighted by Gasteiger charge is 2.31. The molecule has 2 aromatic carbocycles. The minimum absolute atomic E-state index is 0.0317. The molecule has 156 valence electrons. The van der Waals surface area contributed by atoms with E-state index >= 15 is 0 Å². The van der Waals surface area contributed by atoms with Gasteiger partial charge in [-0.15, -0.1) is 0 Å². The van der Waals surface area contributed by atoms with Gasteiger partial charge in [0.1, 0.15) is 13.2 Å². The van der Waals surface area contributed by atoms with E-state index in [4.69, 9.17) is 18.9 Å². The first-order valence-corrected chi connectivity index (χ1v) is 10.1. The fraction of sp³-hybridized carbons (Fsp3) is 0.364. The first-order chi connectivity index (χ1) is 14.7. The third kappa shape index (κ3) is 3.49. The molecular formula is C22H22N2O6. The molecule has 5 rings (SSSR count). The lowest BCUT2D eigenvalue weighted by Crippen LogP contribution is -2.39. The summed E-state index contributed by atoms with van der Waals surface area (Å²) in [5, 5.41) is 2.72. The van der Waals surface area contributed by atoms with E-state index in [1.807, 2.05) is 23.1 Å². The molecule has 0 aliphatic carbocycles. The van der Waals surface area contributed by atoms with Crippen LogP contribution in [0.4, 0.5) is 0 Å². The number of fused-ring (bicyclic) bond motifs is 2. The van der Waals surface area contributed by atoms with Crippen LogP contribution in [0.1, 0.15) is 34.8 Å². The lowest BCUT2D eigenvalue weighted by molar-refractivity contribution is -0.131. The summed E-state index contributed by atoms with van der Waals surface area (Å²) in [6.45, 7) is 1.82. The first kappa shape index (κ1) is 18.6. The monoisotopic (exact) mass is 410 g/mol. The Kier molecular flexibility index (Phi) is 4.82. The van der Waals surface area contributed by atoms with E-state index in [0.717, 1.165) is 24.2 Å². The molecule has 1 N–H and O–H groups in total. The molecule has 0 aromatic heterocycles. The van der Waals surface area contributed by atoms with Crippen LogP contribution in [-0.2, 0) is 4.79 Å². The average molecular weight is 410 g/mol. The highest BCUT2D eigenvalue weighted by atomic mass is 16.7. The number of rotatable bonds is 4. The number of carbonyl (C=O) groups is 2. The summed E-state index contributed by atoms with van der Waals surface area (Å²) in [4.78, 5) is 27.1. The Bertz CT molecular complexity index is 992. The predicted octanol–water partition coefficient (Wildman–Crippen LogP) is 2.28. The van der Waals surface area contributed by atoms with Crippen LogP contribution in [0.2, 0.25) is 0 Å². The van der Waals surface area contributed by atoms with Gasteiger partial charge in [-0.05, 0) is 48.7 Å². The van der Waals surface area contributed by atoms with Crippen LogP contribution in [-0.4, -0.2) is 49.8 Å². The molecule has 3 aliphatic heterocycles. The normalized spacial score (nSPS) is 18.9. The van der Waals surface area contributed by atoms with Gasteiger partial charge in [0.05, 0.1) is 12.6 Å². The number of benzene rings is 2. The summed E-state index contributed by atoms with van der Waals surface area (Å²) in [5.74, 6) is 2.17. The van der Waals surface area contributed by atoms with E-state index in [1.165, 1.54) is 0 Å². The highest BCUT2D eigenvalue weighted by Crippen LogP contribution is 2.38. The fourth-order valence-corrected chi connectivity index (χ4v) is 4.08. The maximum absolute atomic E-state index is 12.9. The zero-order valence-corrected chi connectivity index (χ0v) is 16.4. The van der Waals surface area contributed by atoms with Gasteiger partial charge in [0.25, 0.3) is 5.91 Å². The smallest absolute Gasteiger partial charge is 0.251 e. The quantitative estimate of drug-likeness (QED) is 0.832. The maximum Gasteiger partial charge on any atom is 0.251 e. The number of nitrogens with zero attached hydrogens (tertiary/aromatic N) is 1. The summed E-state index contributed by atoms with van der Waals surface area (Å²) in [6, 6.07) is 10.8. The molecule has 0 bridgehead atoms. The minimum Gasteiger partial charge on any atom is -0.486 e. The molecular weight excluding hydrogens is 388 g/mol. The van der Waals surface area contributed by atoms with Crippen molar-refractivity contribution in [3.8, 4) is 23.0 Å². The van der Waals surface area contributed by atoms with Crippen molar-refractivity contribution in [2.75, 3.05) is 33.1 Å². The Morgan fingerprint density at radius 3 is 2.57 bits per heavy atom. The molecule has 3 heterocycles. The van der Waals surface area contributed by atoms with Crippen molar-refractivity contribution in [2.24, 2.45) is 0 Å². The Morgan fingerprint density at radius 1 is 0.933 bits per heavy atom. The van der Waals surface area contributed by atoms with Crippen molar-refractivity contribution in [1.29, 1.82) is 0 Å². The first-order valence-electron chi connectivity index (χ1n) is 10.1. The van der Waals surface area contributed by atoms with Crippen molar-refractivity contribution in [3.63, 3.8) is 0 Å². The Hall–Kier alpha value is -3.42. The van der Waals surface area contributed by atoms with Crippen LogP contribution in [0, 0.1) is 0 Å². The van der Waals surface area contributed by atoms with Crippen LogP contribution in [0.3, 0.4) is 0 Å². The minimum atomic E-state index is -0.322. The molecule has 1 fully saturated rings. The number of ether oxygens (including phenoxy) is 4. The number of nitrogens with one attached hydrogen (secondary N) is 1. The lowest BCUT2D eigenvalue weighted by atomic mass is 10.0.